The fourth-order valence-corrected chi connectivity index (χ4v) is 3.42. The topological polar surface area (TPSA) is 92.5 Å². The molecule has 1 unspecified atom stereocenters. The lowest BCUT2D eigenvalue weighted by Gasteiger charge is -2.21. The molecular formula is C13H19N3O4S. The van der Waals surface area contributed by atoms with Gasteiger partial charge in [-0.25, -0.2) is 8.42 Å². The Morgan fingerprint density at radius 2 is 2.19 bits per heavy atom. The standard InChI is InChI=1S/C13H19N3O4S/c1-15-7-3-4-11(15)9-14-12-6-5-10(16(17)18)8-13(12)21(2,19)20/h5-6,8,11,14H,3-4,7,9H2,1-2H3. The molecule has 116 valence electrons. The van der Waals surface area contributed by atoms with Gasteiger partial charge in [0.2, 0.25) is 0 Å². The third-order valence-corrected chi connectivity index (χ3v) is 4.91. The van der Waals surface area contributed by atoms with Crippen LogP contribution in [0.1, 0.15) is 12.8 Å². The van der Waals surface area contributed by atoms with Gasteiger partial charge in [0.1, 0.15) is 0 Å². The van der Waals surface area contributed by atoms with Crippen molar-refractivity contribution in [1.82, 2.24) is 4.90 Å². The zero-order chi connectivity index (χ0) is 15.6. The van der Waals surface area contributed by atoms with Crippen molar-refractivity contribution in [2.24, 2.45) is 0 Å². The summed E-state index contributed by atoms with van der Waals surface area (Å²) >= 11 is 0. The van der Waals surface area contributed by atoms with E-state index in [1.54, 1.807) is 0 Å². The second-order valence-corrected chi connectivity index (χ2v) is 7.35. The molecule has 1 atom stereocenters. The number of rotatable bonds is 5. The van der Waals surface area contributed by atoms with Gasteiger partial charge in [0.15, 0.2) is 9.84 Å². The van der Waals surface area contributed by atoms with Crippen molar-refractivity contribution < 1.29 is 13.3 Å². The second-order valence-electron chi connectivity index (χ2n) is 5.37. The maximum atomic E-state index is 11.8. The summed E-state index contributed by atoms with van der Waals surface area (Å²) in [6.07, 6.45) is 3.24. The van der Waals surface area contributed by atoms with E-state index < -0.39 is 14.8 Å². The Hall–Kier alpha value is -1.67. The van der Waals surface area contributed by atoms with Gasteiger partial charge in [0.25, 0.3) is 5.69 Å². The van der Waals surface area contributed by atoms with Crippen LogP contribution in [-0.2, 0) is 9.84 Å². The molecule has 0 radical (unpaired) electrons. The molecule has 1 aromatic rings. The highest BCUT2D eigenvalue weighted by Gasteiger charge is 2.22. The number of nitro groups is 1. The van der Waals surface area contributed by atoms with Crippen LogP contribution in [0.4, 0.5) is 11.4 Å². The van der Waals surface area contributed by atoms with Gasteiger partial charge in [-0.3, -0.25) is 10.1 Å². The Labute approximate surface area is 124 Å². The van der Waals surface area contributed by atoms with Gasteiger partial charge in [-0.1, -0.05) is 0 Å². The van der Waals surface area contributed by atoms with Crippen molar-refractivity contribution in [3.8, 4) is 0 Å². The molecule has 1 heterocycles. The number of nitro benzene ring substituents is 1. The largest absolute Gasteiger partial charge is 0.382 e. The maximum Gasteiger partial charge on any atom is 0.270 e. The molecule has 0 aromatic heterocycles. The first-order chi connectivity index (χ1) is 9.79. The third kappa shape index (κ3) is 3.70. The number of hydrogen-bond donors (Lipinski definition) is 1. The summed E-state index contributed by atoms with van der Waals surface area (Å²) in [6, 6.07) is 4.24. The summed E-state index contributed by atoms with van der Waals surface area (Å²) in [5.41, 5.74) is 0.197. The Bertz CT molecular complexity index is 645. The zero-order valence-corrected chi connectivity index (χ0v) is 12.9. The molecular weight excluding hydrogens is 294 g/mol. The van der Waals surface area contributed by atoms with E-state index in [1.807, 2.05) is 7.05 Å². The first-order valence-corrected chi connectivity index (χ1v) is 8.61. The molecule has 2 rings (SSSR count). The zero-order valence-electron chi connectivity index (χ0n) is 12.1. The summed E-state index contributed by atoms with van der Waals surface area (Å²) < 4.78 is 23.6. The van der Waals surface area contributed by atoms with Gasteiger partial charge < -0.3 is 10.2 Å². The van der Waals surface area contributed by atoms with Crippen LogP contribution in [0.15, 0.2) is 23.1 Å². The van der Waals surface area contributed by atoms with Crippen LogP contribution < -0.4 is 5.32 Å². The lowest BCUT2D eigenvalue weighted by molar-refractivity contribution is -0.385. The van der Waals surface area contributed by atoms with Crippen LogP contribution >= 0.6 is 0 Å². The normalized spacial score (nSPS) is 19.6. The molecule has 0 amide bonds. The average molecular weight is 313 g/mol. The maximum absolute atomic E-state index is 11.8. The molecule has 0 bridgehead atoms. The van der Waals surface area contributed by atoms with Gasteiger partial charge in [-0.2, -0.15) is 0 Å². The quantitative estimate of drug-likeness (QED) is 0.654. The molecule has 1 aliphatic heterocycles. The lowest BCUT2D eigenvalue weighted by Crippen LogP contribution is -2.31. The van der Waals surface area contributed by atoms with Crippen molar-refractivity contribution in [2.45, 2.75) is 23.8 Å². The minimum Gasteiger partial charge on any atom is -0.382 e. The monoisotopic (exact) mass is 313 g/mol. The van der Waals surface area contributed by atoms with E-state index in [0.717, 1.165) is 31.7 Å². The number of nitrogens with one attached hydrogen (secondary N) is 1. The molecule has 0 spiro atoms. The van der Waals surface area contributed by atoms with Crippen LogP contribution in [0, 0.1) is 10.1 Å². The molecule has 8 heteroatoms. The van der Waals surface area contributed by atoms with Gasteiger partial charge in [0, 0.05) is 31.0 Å². The second kappa shape index (κ2) is 5.98. The minimum absolute atomic E-state index is 0.0302. The summed E-state index contributed by atoms with van der Waals surface area (Å²) in [4.78, 5) is 12.4. The molecule has 1 saturated heterocycles. The van der Waals surface area contributed by atoms with E-state index in [2.05, 4.69) is 10.2 Å². The van der Waals surface area contributed by atoms with Gasteiger partial charge in [-0.15, -0.1) is 0 Å². The predicted octanol–water partition coefficient (Wildman–Crippen LogP) is 1.50. The number of likely N-dealkylation sites (N-methyl/N-ethyl adjacent to an activating group) is 1. The first kappa shape index (κ1) is 15.7. The molecule has 0 aliphatic carbocycles. The number of sulfone groups is 1. The van der Waals surface area contributed by atoms with Crippen molar-refractivity contribution in [1.29, 1.82) is 0 Å². The van der Waals surface area contributed by atoms with Crippen LogP contribution in [0.2, 0.25) is 0 Å². The highest BCUT2D eigenvalue weighted by atomic mass is 32.2. The van der Waals surface area contributed by atoms with Crippen molar-refractivity contribution >= 4 is 21.2 Å². The molecule has 1 aliphatic rings. The number of non-ortho nitro benzene ring substituents is 1. The lowest BCUT2D eigenvalue weighted by atomic mass is 10.2. The Kier molecular flexibility index (Phi) is 4.48. The molecule has 21 heavy (non-hydrogen) atoms. The predicted molar refractivity (Wildman–Crippen MR) is 80.3 cm³/mol. The van der Waals surface area contributed by atoms with Gasteiger partial charge in [-0.05, 0) is 32.5 Å². The number of benzene rings is 1. The number of nitrogens with zero attached hydrogens (tertiary/aromatic N) is 2. The Morgan fingerprint density at radius 3 is 2.71 bits per heavy atom. The summed E-state index contributed by atoms with van der Waals surface area (Å²) in [7, 11) is -1.49. The van der Waals surface area contributed by atoms with Crippen molar-refractivity contribution in [3.05, 3.63) is 28.3 Å². The highest BCUT2D eigenvalue weighted by Crippen LogP contribution is 2.27. The van der Waals surface area contributed by atoms with Crippen LogP contribution in [0.25, 0.3) is 0 Å². The van der Waals surface area contributed by atoms with Gasteiger partial charge >= 0.3 is 0 Å². The smallest absolute Gasteiger partial charge is 0.270 e. The van der Waals surface area contributed by atoms with E-state index in [0.29, 0.717) is 18.3 Å². The van der Waals surface area contributed by atoms with E-state index in [-0.39, 0.29) is 10.6 Å². The van der Waals surface area contributed by atoms with Crippen LogP contribution in [-0.4, -0.2) is 50.7 Å². The number of likely N-dealkylation sites (tertiary alicyclic amines) is 1. The summed E-state index contributed by atoms with van der Waals surface area (Å²) in [5.74, 6) is 0. The van der Waals surface area contributed by atoms with E-state index in [4.69, 9.17) is 0 Å². The number of hydrogen-bond acceptors (Lipinski definition) is 6. The summed E-state index contributed by atoms with van der Waals surface area (Å²) in [6.45, 7) is 1.66. The SMILES string of the molecule is CN1CCCC1CNc1ccc([N+](=O)[O-])cc1S(C)(=O)=O. The van der Waals surface area contributed by atoms with E-state index in [1.165, 1.54) is 12.1 Å². The minimum atomic E-state index is -3.53. The van der Waals surface area contributed by atoms with Gasteiger partial charge in [0.05, 0.1) is 15.5 Å². The molecule has 1 fully saturated rings. The Morgan fingerprint density at radius 1 is 1.48 bits per heavy atom. The molecule has 1 N–H and O–H groups in total. The van der Waals surface area contributed by atoms with Crippen molar-refractivity contribution in [2.75, 3.05) is 31.7 Å². The van der Waals surface area contributed by atoms with Crippen LogP contribution in [0.3, 0.4) is 0 Å². The fourth-order valence-electron chi connectivity index (χ4n) is 2.54. The summed E-state index contributed by atoms with van der Waals surface area (Å²) in [5, 5.41) is 13.9. The average Bonchev–Trinajstić information content (AvgIpc) is 2.80. The fraction of sp³-hybridized carbons (Fsp3) is 0.538. The molecule has 1 aromatic carbocycles. The first-order valence-electron chi connectivity index (χ1n) is 6.71. The Balaban J connectivity index is 2.24. The number of anilines is 1. The van der Waals surface area contributed by atoms with Crippen LogP contribution in [0.5, 0.6) is 0 Å². The molecule has 0 saturated carbocycles. The molecule has 7 nitrogen and oxygen atoms in total. The third-order valence-electron chi connectivity index (χ3n) is 3.78. The van der Waals surface area contributed by atoms with E-state index >= 15 is 0 Å². The highest BCUT2D eigenvalue weighted by molar-refractivity contribution is 7.90. The van der Waals surface area contributed by atoms with E-state index in [9.17, 15) is 18.5 Å². The van der Waals surface area contributed by atoms with Crippen molar-refractivity contribution in [3.63, 3.8) is 0 Å².